The Morgan fingerprint density at radius 1 is 1.38 bits per heavy atom. The average molecular weight is 345 g/mol. The molecule has 3 N–H and O–H groups in total. The topological polar surface area (TPSA) is 106 Å². The van der Waals surface area contributed by atoms with Gasteiger partial charge >= 0.3 is 0 Å². The summed E-state index contributed by atoms with van der Waals surface area (Å²) in [4.78, 5) is 19.3. The second-order valence-corrected chi connectivity index (χ2v) is 7.35. The number of piperidine rings is 1. The molecule has 3 aromatic heterocycles. The zero-order valence-electron chi connectivity index (χ0n) is 13.3. The van der Waals surface area contributed by atoms with Crippen LogP contribution in [0.15, 0.2) is 24.2 Å². The fourth-order valence-corrected chi connectivity index (χ4v) is 3.89. The molecule has 0 spiro atoms. The first kappa shape index (κ1) is 15.4. The molecule has 24 heavy (non-hydrogen) atoms. The van der Waals surface area contributed by atoms with Crippen molar-refractivity contribution in [2.75, 3.05) is 18.8 Å². The Labute approximate surface area is 143 Å². The first-order valence-electron chi connectivity index (χ1n) is 7.81. The van der Waals surface area contributed by atoms with Crippen LogP contribution in [0.1, 0.15) is 24.4 Å². The zero-order chi connectivity index (χ0) is 16.7. The number of rotatable bonds is 3. The van der Waals surface area contributed by atoms with Crippen molar-refractivity contribution in [1.82, 2.24) is 29.4 Å². The average Bonchev–Trinajstić information content (AvgIpc) is 3.19. The van der Waals surface area contributed by atoms with E-state index in [4.69, 9.17) is 5.73 Å². The van der Waals surface area contributed by atoms with E-state index >= 15 is 0 Å². The molecule has 0 amide bonds. The van der Waals surface area contributed by atoms with Crippen LogP contribution in [0.3, 0.4) is 0 Å². The molecule has 4 rings (SSSR count). The van der Waals surface area contributed by atoms with E-state index < -0.39 is 5.60 Å². The summed E-state index contributed by atoms with van der Waals surface area (Å²) in [7, 11) is 0. The van der Waals surface area contributed by atoms with Gasteiger partial charge in [-0.3, -0.25) is 4.90 Å². The van der Waals surface area contributed by atoms with Gasteiger partial charge in [-0.2, -0.15) is 0 Å². The largest absolute Gasteiger partial charge is 0.388 e. The standard InChI is InChI=1S/C15H19N7OS/c1-15(23)2-4-21(7-11-17-3-5-24-11)6-10(15)22-9-20-12-13(16)18-8-19-14(12)22/h3,5,8-10,23H,2,4,6-7H2,1H3,(H2,16,18,19)/t10-,15-/m1/s1. The lowest BCUT2D eigenvalue weighted by atomic mass is 9.88. The number of nitrogens with zero attached hydrogens (tertiary/aromatic N) is 6. The Balaban J connectivity index is 1.66. The van der Waals surface area contributed by atoms with Crippen molar-refractivity contribution < 1.29 is 5.11 Å². The Kier molecular flexibility index (Phi) is 3.70. The van der Waals surface area contributed by atoms with Gasteiger partial charge in [0.15, 0.2) is 11.5 Å². The predicted molar refractivity (Wildman–Crippen MR) is 91.4 cm³/mol. The summed E-state index contributed by atoms with van der Waals surface area (Å²) in [6, 6.07) is -0.162. The maximum atomic E-state index is 10.9. The molecule has 8 nitrogen and oxygen atoms in total. The lowest BCUT2D eigenvalue weighted by molar-refractivity contribution is -0.0515. The van der Waals surface area contributed by atoms with Crippen molar-refractivity contribution in [1.29, 1.82) is 0 Å². The Morgan fingerprint density at radius 2 is 2.25 bits per heavy atom. The number of likely N-dealkylation sites (tertiary alicyclic amines) is 1. The van der Waals surface area contributed by atoms with E-state index in [0.29, 0.717) is 29.9 Å². The van der Waals surface area contributed by atoms with Crippen LogP contribution in [0.4, 0.5) is 5.82 Å². The van der Waals surface area contributed by atoms with Crippen molar-refractivity contribution in [3.63, 3.8) is 0 Å². The maximum Gasteiger partial charge on any atom is 0.165 e. The van der Waals surface area contributed by atoms with Gasteiger partial charge in [0.05, 0.1) is 24.5 Å². The van der Waals surface area contributed by atoms with Crippen molar-refractivity contribution >= 4 is 28.3 Å². The highest BCUT2D eigenvalue weighted by Gasteiger charge is 2.39. The van der Waals surface area contributed by atoms with Gasteiger partial charge in [0, 0.05) is 24.7 Å². The molecule has 0 aliphatic carbocycles. The molecule has 3 aromatic rings. The molecule has 1 fully saturated rings. The van der Waals surface area contributed by atoms with E-state index in [0.717, 1.165) is 18.1 Å². The van der Waals surface area contributed by atoms with Crippen molar-refractivity contribution in [3.8, 4) is 0 Å². The molecule has 1 aliphatic rings. The number of nitrogens with two attached hydrogens (primary N) is 1. The minimum atomic E-state index is -0.841. The van der Waals surface area contributed by atoms with E-state index in [-0.39, 0.29) is 6.04 Å². The lowest BCUT2D eigenvalue weighted by Crippen LogP contribution is -2.50. The van der Waals surface area contributed by atoms with E-state index in [9.17, 15) is 5.11 Å². The number of aromatic nitrogens is 5. The maximum absolute atomic E-state index is 10.9. The summed E-state index contributed by atoms with van der Waals surface area (Å²) in [5.41, 5.74) is 6.27. The molecule has 0 saturated carbocycles. The third-order valence-corrected chi connectivity index (χ3v) is 5.41. The third-order valence-electron chi connectivity index (χ3n) is 4.65. The SMILES string of the molecule is C[C@@]1(O)CCN(Cc2nccs2)C[C@H]1n1cnc2c(N)ncnc21. The highest BCUT2D eigenvalue weighted by atomic mass is 32.1. The molecular weight excluding hydrogens is 326 g/mol. The highest BCUT2D eigenvalue weighted by Crippen LogP contribution is 2.34. The van der Waals surface area contributed by atoms with E-state index in [2.05, 4.69) is 24.8 Å². The fraction of sp³-hybridized carbons (Fsp3) is 0.467. The van der Waals surface area contributed by atoms with Crippen LogP contribution >= 0.6 is 11.3 Å². The molecule has 4 heterocycles. The third kappa shape index (κ3) is 2.64. The predicted octanol–water partition coefficient (Wildman–Crippen LogP) is 1.06. The van der Waals surface area contributed by atoms with Gasteiger partial charge in [-0.1, -0.05) is 0 Å². The highest BCUT2D eigenvalue weighted by molar-refractivity contribution is 7.09. The number of fused-ring (bicyclic) bond motifs is 1. The monoisotopic (exact) mass is 345 g/mol. The Morgan fingerprint density at radius 3 is 3.04 bits per heavy atom. The number of thiazole rings is 1. The second kappa shape index (κ2) is 5.76. The number of aliphatic hydroxyl groups is 1. The molecule has 0 bridgehead atoms. The minimum absolute atomic E-state index is 0.162. The van der Waals surface area contributed by atoms with Gasteiger partial charge in [0.25, 0.3) is 0 Å². The molecule has 2 atom stereocenters. The van der Waals surface area contributed by atoms with Gasteiger partial charge in [0.2, 0.25) is 0 Å². The van der Waals surface area contributed by atoms with Crippen LogP contribution in [0.5, 0.6) is 0 Å². The number of anilines is 1. The minimum Gasteiger partial charge on any atom is -0.388 e. The molecule has 0 unspecified atom stereocenters. The molecule has 1 saturated heterocycles. The summed E-state index contributed by atoms with van der Waals surface area (Å²) in [5.74, 6) is 0.355. The van der Waals surface area contributed by atoms with Crippen LogP contribution in [0, 0.1) is 0 Å². The molecular formula is C15H19N7OS. The van der Waals surface area contributed by atoms with Gasteiger partial charge < -0.3 is 15.4 Å². The van der Waals surface area contributed by atoms with E-state index in [1.807, 2.05) is 23.1 Å². The Bertz CT molecular complexity index is 845. The van der Waals surface area contributed by atoms with Crippen molar-refractivity contribution in [2.45, 2.75) is 31.5 Å². The second-order valence-electron chi connectivity index (χ2n) is 6.37. The van der Waals surface area contributed by atoms with Gasteiger partial charge in [0.1, 0.15) is 16.9 Å². The smallest absolute Gasteiger partial charge is 0.165 e. The summed E-state index contributed by atoms with van der Waals surface area (Å²) < 4.78 is 1.92. The normalized spacial score (nSPS) is 25.3. The van der Waals surface area contributed by atoms with Gasteiger partial charge in [-0.15, -0.1) is 11.3 Å². The molecule has 0 radical (unpaired) electrons. The fourth-order valence-electron chi connectivity index (χ4n) is 3.24. The van der Waals surface area contributed by atoms with Crippen molar-refractivity contribution in [2.24, 2.45) is 0 Å². The number of nitrogen functional groups attached to an aromatic ring is 1. The molecule has 9 heteroatoms. The number of hydrogen-bond donors (Lipinski definition) is 2. The van der Waals surface area contributed by atoms with Crippen LogP contribution < -0.4 is 5.73 Å². The number of hydrogen-bond acceptors (Lipinski definition) is 8. The summed E-state index contributed by atoms with van der Waals surface area (Å²) in [6.45, 7) is 4.18. The van der Waals surface area contributed by atoms with Crippen molar-refractivity contribution in [3.05, 3.63) is 29.2 Å². The quantitative estimate of drug-likeness (QED) is 0.731. The van der Waals surface area contributed by atoms with E-state index in [1.165, 1.54) is 6.33 Å². The summed E-state index contributed by atoms with van der Waals surface area (Å²) >= 11 is 1.65. The van der Waals surface area contributed by atoms with Crippen LogP contribution in [-0.4, -0.2) is 53.2 Å². The molecule has 126 valence electrons. The van der Waals surface area contributed by atoms with Crippen LogP contribution in [0.25, 0.3) is 11.2 Å². The lowest BCUT2D eigenvalue weighted by Gasteiger charge is -2.43. The molecule has 0 aromatic carbocycles. The van der Waals surface area contributed by atoms with Gasteiger partial charge in [-0.05, 0) is 13.3 Å². The first-order chi connectivity index (χ1) is 11.5. The Hall–Kier alpha value is -2.10. The van der Waals surface area contributed by atoms with E-state index in [1.54, 1.807) is 17.7 Å². The van der Waals surface area contributed by atoms with Crippen LogP contribution in [-0.2, 0) is 6.54 Å². The first-order valence-corrected chi connectivity index (χ1v) is 8.69. The van der Waals surface area contributed by atoms with Crippen LogP contribution in [0.2, 0.25) is 0 Å². The zero-order valence-corrected chi connectivity index (χ0v) is 14.1. The summed E-state index contributed by atoms with van der Waals surface area (Å²) in [5, 5.41) is 14.0. The van der Waals surface area contributed by atoms with Gasteiger partial charge in [-0.25, -0.2) is 19.9 Å². The molecule has 1 aliphatic heterocycles. The number of imidazole rings is 1. The summed E-state index contributed by atoms with van der Waals surface area (Å²) in [6.07, 6.45) is 5.62.